The molecule has 0 radical (unpaired) electrons. The maximum atomic E-state index is 13.2. The summed E-state index contributed by atoms with van der Waals surface area (Å²) < 4.78 is 0. The quantitative estimate of drug-likeness (QED) is 0.195. The van der Waals surface area contributed by atoms with Gasteiger partial charge in [-0.25, -0.2) is 29.1 Å². The second kappa shape index (κ2) is 16.9. The number of Topliss-reactive ketones (excluding diaryl/α,β-unsaturated/α-hetero) is 1. The van der Waals surface area contributed by atoms with Gasteiger partial charge in [-0.2, -0.15) is 0 Å². The van der Waals surface area contributed by atoms with E-state index in [1.165, 1.54) is 0 Å². The van der Waals surface area contributed by atoms with Crippen LogP contribution in [0.4, 0.5) is 5.95 Å². The predicted octanol–water partition coefficient (Wildman–Crippen LogP) is 1.35. The minimum atomic E-state index is -1.82. The molecular weight excluding hydrogens is 586 g/mol. The number of aromatic nitrogens is 2. The molecule has 0 saturated carbocycles. The Balaban J connectivity index is 0.000000455. The zero-order valence-electron chi connectivity index (χ0n) is 23.9. The van der Waals surface area contributed by atoms with Gasteiger partial charge in [0.05, 0.1) is 5.56 Å². The Labute approximate surface area is 251 Å². The number of rotatable bonds is 7. The van der Waals surface area contributed by atoms with Crippen molar-refractivity contribution in [3.63, 3.8) is 0 Å². The van der Waals surface area contributed by atoms with E-state index in [9.17, 15) is 9.59 Å². The molecule has 0 aromatic carbocycles. The number of unbranched alkanes of at least 4 members (excludes halogenated alkanes) is 1. The highest BCUT2D eigenvalue weighted by Crippen LogP contribution is 2.32. The van der Waals surface area contributed by atoms with Crippen molar-refractivity contribution in [3.05, 3.63) is 39.3 Å². The van der Waals surface area contributed by atoms with Crippen LogP contribution in [0.25, 0.3) is 0 Å². The van der Waals surface area contributed by atoms with Crippen molar-refractivity contribution in [1.29, 1.82) is 0 Å². The predicted molar refractivity (Wildman–Crippen MR) is 154 cm³/mol. The standard InChI is InChI=1S/C23H31N5O2S.2C2H2O4/c1-17(29)20-18(2)31-19-7-5-12-27(22(30)21(19)20)11-4-3-10-26-13-15-28(16-14-26)23-24-8-6-9-25-23;2*3-1(4)2(5)6/h6,8-9H,3-5,7,10-16H2,1-2H3;2*(H,3,4)(H,5,6). The molecule has 0 spiro atoms. The van der Waals surface area contributed by atoms with Gasteiger partial charge in [0.1, 0.15) is 0 Å². The number of hydrogen-bond donors (Lipinski definition) is 4. The van der Waals surface area contributed by atoms with Crippen LogP contribution < -0.4 is 4.90 Å². The first-order chi connectivity index (χ1) is 20.3. The Bertz CT molecular complexity index is 1260. The molecule has 0 atom stereocenters. The van der Waals surface area contributed by atoms with Crippen LogP contribution in [0.15, 0.2) is 18.5 Å². The lowest BCUT2D eigenvalue weighted by molar-refractivity contribution is -0.159. The lowest BCUT2D eigenvalue weighted by Gasteiger charge is -2.34. The topological polar surface area (TPSA) is 219 Å². The third-order valence-corrected chi connectivity index (χ3v) is 7.73. The number of piperazine rings is 1. The molecule has 1 fully saturated rings. The highest BCUT2D eigenvalue weighted by Gasteiger charge is 2.30. The summed E-state index contributed by atoms with van der Waals surface area (Å²) in [5, 5.41) is 29.6. The summed E-state index contributed by atoms with van der Waals surface area (Å²) in [6.45, 7) is 10.0. The highest BCUT2D eigenvalue weighted by molar-refractivity contribution is 7.12. The summed E-state index contributed by atoms with van der Waals surface area (Å²) in [6, 6.07) is 1.84. The average molecular weight is 622 g/mol. The zero-order chi connectivity index (χ0) is 32.1. The number of hydrogen-bond acceptors (Lipinski definition) is 11. The maximum absolute atomic E-state index is 13.2. The number of anilines is 1. The molecule has 15 nitrogen and oxygen atoms in total. The van der Waals surface area contributed by atoms with E-state index in [1.54, 1.807) is 30.7 Å². The van der Waals surface area contributed by atoms with Gasteiger partial charge in [0.25, 0.3) is 5.91 Å². The molecule has 2 aliphatic heterocycles. The number of aryl methyl sites for hydroxylation is 2. The smallest absolute Gasteiger partial charge is 0.414 e. The molecule has 16 heteroatoms. The molecule has 4 heterocycles. The Kier molecular flexibility index (Phi) is 13.6. The third kappa shape index (κ3) is 10.7. The van der Waals surface area contributed by atoms with Crippen molar-refractivity contribution in [3.8, 4) is 0 Å². The molecule has 2 aliphatic rings. The second-order valence-electron chi connectivity index (χ2n) is 9.59. The van der Waals surface area contributed by atoms with Crippen LogP contribution in [0.2, 0.25) is 0 Å². The lowest BCUT2D eigenvalue weighted by Crippen LogP contribution is -2.47. The first-order valence-electron chi connectivity index (χ1n) is 13.4. The SMILES string of the molecule is CC(=O)c1c(C)sc2c1C(=O)N(CCCCN1CCN(c3ncccn3)CC1)CCC2.O=C(O)C(=O)O.O=C(O)C(=O)O. The molecule has 2 aromatic rings. The summed E-state index contributed by atoms with van der Waals surface area (Å²) >= 11 is 1.62. The maximum Gasteiger partial charge on any atom is 0.414 e. The van der Waals surface area contributed by atoms with Gasteiger partial charge >= 0.3 is 23.9 Å². The molecule has 43 heavy (non-hydrogen) atoms. The lowest BCUT2D eigenvalue weighted by atomic mass is 10.0. The number of nitrogens with zero attached hydrogens (tertiary/aromatic N) is 5. The van der Waals surface area contributed by atoms with E-state index in [4.69, 9.17) is 39.6 Å². The van der Waals surface area contributed by atoms with E-state index in [-0.39, 0.29) is 11.7 Å². The van der Waals surface area contributed by atoms with E-state index in [2.05, 4.69) is 19.8 Å². The van der Waals surface area contributed by atoms with Gasteiger partial charge in [-0.3, -0.25) is 14.5 Å². The van der Waals surface area contributed by atoms with Gasteiger partial charge < -0.3 is 30.2 Å². The van der Waals surface area contributed by atoms with Crippen molar-refractivity contribution in [2.45, 2.75) is 39.5 Å². The van der Waals surface area contributed by atoms with Crippen LogP contribution >= 0.6 is 11.3 Å². The molecule has 1 saturated heterocycles. The minimum absolute atomic E-state index is 0.00486. The van der Waals surface area contributed by atoms with E-state index < -0.39 is 23.9 Å². The zero-order valence-corrected chi connectivity index (χ0v) is 24.7. The summed E-state index contributed by atoms with van der Waals surface area (Å²) in [7, 11) is 0. The molecule has 4 rings (SSSR count). The van der Waals surface area contributed by atoms with Crippen molar-refractivity contribution >= 4 is 52.9 Å². The van der Waals surface area contributed by atoms with Gasteiger partial charge in [0.2, 0.25) is 5.95 Å². The van der Waals surface area contributed by atoms with Crippen molar-refractivity contribution in [1.82, 2.24) is 19.8 Å². The molecule has 2 aromatic heterocycles. The van der Waals surface area contributed by atoms with Crippen LogP contribution in [0, 0.1) is 6.92 Å². The molecule has 0 bridgehead atoms. The molecule has 4 N–H and O–H groups in total. The number of carboxylic acids is 4. The van der Waals surface area contributed by atoms with Crippen LogP contribution in [0.5, 0.6) is 0 Å². The first kappa shape index (κ1) is 34.8. The number of carbonyl (C=O) groups is 6. The van der Waals surface area contributed by atoms with Gasteiger partial charge in [-0.15, -0.1) is 11.3 Å². The Morgan fingerprint density at radius 3 is 1.88 bits per heavy atom. The van der Waals surface area contributed by atoms with Crippen LogP contribution in [0.3, 0.4) is 0 Å². The van der Waals surface area contributed by atoms with Crippen LogP contribution in [-0.4, -0.2) is 122 Å². The number of ketones is 1. The fraction of sp³-hybridized carbons (Fsp3) is 0.481. The van der Waals surface area contributed by atoms with Crippen molar-refractivity contribution in [2.75, 3.05) is 50.7 Å². The number of carboxylic acid groups (broad SMARTS) is 4. The van der Waals surface area contributed by atoms with Gasteiger partial charge in [0, 0.05) is 67.0 Å². The monoisotopic (exact) mass is 621 g/mol. The van der Waals surface area contributed by atoms with E-state index in [0.717, 1.165) is 87.2 Å². The van der Waals surface area contributed by atoms with Gasteiger partial charge in [-0.05, 0) is 52.1 Å². The van der Waals surface area contributed by atoms with Crippen molar-refractivity contribution < 1.29 is 49.2 Å². The molecule has 0 unspecified atom stereocenters. The fourth-order valence-electron chi connectivity index (χ4n) is 4.60. The summed E-state index contributed by atoms with van der Waals surface area (Å²) in [6.07, 6.45) is 7.50. The largest absolute Gasteiger partial charge is 0.473 e. The fourth-order valence-corrected chi connectivity index (χ4v) is 5.85. The minimum Gasteiger partial charge on any atom is -0.473 e. The van der Waals surface area contributed by atoms with E-state index >= 15 is 0 Å². The molecular formula is C27H35N5O10S. The van der Waals surface area contributed by atoms with Gasteiger partial charge in [0.15, 0.2) is 5.78 Å². The second-order valence-corrected chi connectivity index (χ2v) is 10.9. The van der Waals surface area contributed by atoms with Crippen molar-refractivity contribution in [2.24, 2.45) is 0 Å². The van der Waals surface area contributed by atoms with E-state index in [0.29, 0.717) is 11.1 Å². The Hall–Kier alpha value is -4.44. The molecule has 1 amide bonds. The molecule has 0 aliphatic carbocycles. The summed E-state index contributed by atoms with van der Waals surface area (Å²) in [5.74, 6) is -6.42. The highest BCUT2D eigenvalue weighted by atomic mass is 32.1. The number of amides is 1. The number of fused-ring (bicyclic) bond motifs is 1. The normalized spacial score (nSPS) is 14.7. The third-order valence-electron chi connectivity index (χ3n) is 6.57. The average Bonchev–Trinajstić information content (AvgIpc) is 3.23. The Morgan fingerprint density at radius 2 is 1.37 bits per heavy atom. The summed E-state index contributed by atoms with van der Waals surface area (Å²) in [5.41, 5.74) is 1.34. The van der Waals surface area contributed by atoms with E-state index in [1.807, 2.05) is 17.9 Å². The number of aliphatic carboxylic acids is 4. The first-order valence-corrected chi connectivity index (χ1v) is 14.2. The summed E-state index contributed by atoms with van der Waals surface area (Å²) in [4.78, 5) is 79.2. The van der Waals surface area contributed by atoms with Gasteiger partial charge in [-0.1, -0.05) is 0 Å². The number of thiophene rings is 1. The number of carbonyl (C=O) groups excluding carboxylic acids is 2. The van der Waals surface area contributed by atoms with Crippen LogP contribution in [0.1, 0.15) is 56.7 Å². The Morgan fingerprint density at radius 1 is 0.837 bits per heavy atom. The molecule has 234 valence electrons. The van der Waals surface area contributed by atoms with Crippen LogP contribution in [-0.2, 0) is 25.6 Å².